The highest BCUT2D eigenvalue weighted by Gasteiger charge is 2.25. The monoisotopic (exact) mass is 540 g/mol. The maximum absolute atomic E-state index is 12.8. The number of methoxy groups -OCH3 is 2. The van der Waals surface area contributed by atoms with Crippen molar-refractivity contribution >= 4 is 17.8 Å². The van der Waals surface area contributed by atoms with Crippen molar-refractivity contribution in [3.8, 4) is 51.5 Å². The first-order chi connectivity index (χ1) is 19.5. The number of hydrogen-bond donors (Lipinski definition) is 1. The lowest BCUT2D eigenvalue weighted by atomic mass is 9.98. The third-order valence-electron chi connectivity index (χ3n) is 6.12. The Labute approximate surface area is 229 Å². The molecule has 1 aliphatic rings. The summed E-state index contributed by atoms with van der Waals surface area (Å²) < 4.78 is 32.7. The normalized spacial score (nSPS) is 11.7. The minimum Gasteiger partial charge on any atom is -0.497 e. The van der Waals surface area contributed by atoms with Gasteiger partial charge in [0.15, 0.2) is 18.1 Å². The largest absolute Gasteiger partial charge is 0.497 e. The quantitative estimate of drug-likeness (QED) is 0.305. The first kappa shape index (κ1) is 26.2. The Hall–Kier alpha value is -5.43. The van der Waals surface area contributed by atoms with E-state index in [9.17, 15) is 14.9 Å². The number of hydrogen-bond acceptors (Lipinski definition) is 9. The van der Waals surface area contributed by atoms with Gasteiger partial charge in [0.25, 0.3) is 5.91 Å². The summed E-state index contributed by atoms with van der Waals surface area (Å²) in [6, 6.07) is 21.0. The fraction of sp³-hybridized carbons (Fsp3) is 0.167. The predicted molar refractivity (Wildman–Crippen MR) is 144 cm³/mol. The Bertz CT molecular complexity index is 1580. The van der Waals surface area contributed by atoms with Gasteiger partial charge in [-0.1, -0.05) is 12.1 Å². The number of carbonyl (C=O) groups excluding carboxylic acids is 2. The van der Waals surface area contributed by atoms with E-state index in [4.69, 9.17) is 28.1 Å². The number of rotatable bonds is 8. The van der Waals surface area contributed by atoms with E-state index in [0.29, 0.717) is 58.7 Å². The molecule has 3 aromatic carbocycles. The molecule has 0 atom stereocenters. The first-order valence-electron chi connectivity index (χ1n) is 12.2. The van der Waals surface area contributed by atoms with E-state index < -0.39 is 18.5 Å². The average Bonchev–Trinajstić information content (AvgIpc) is 3.37. The van der Waals surface area contributed by atoms with Gasteiger partial charge in [-0.05, 0) is 60.2 Å². The zero-order chi connectivity index (χ0) is 28.1. The minimum absolute atomic E-state index is 0.0699. The van der Waals surface area contributed by atoms with E-state index in [1.54, 1.807) is 68.8 Å². The molecule has 1 aliphatic heterocycles. The first-order valence-corrected chi connectivity index (χ1v) is 12.2. The van der Waals surface area contributed by atoms with E-state index >= 15 is 0 Å². The molecule has 0 radical (unpaired) electrons. The van der Waals surface area contributed by atoms with E-state index in [1.165, 1.54) is 12.1 Å². The van der Waals surface area contributed by atoms with Gasteiger partial charge in [-0.15, -0.1) is 0 Å². The second kappa shape index (κ2) is 11.5. The lowest BCUT2D eigenvalue weighted by molar-refractivity contribution is -0.119. The van der Waals surface area contributed by atoms with Gasteiger partial charge in [0, 0.05) is 11.1 Å². The maximum Gasteiger partial charge on any atom is 0.338 e. The Morgan fingerprint density at radius 2 is 1.50 bits per heavy atom. The second-order valence-corrected chi connectivity index (χ2v) is 8.56. The summed E-state index contributed by atoms with van der Waals surface area (Å²) in [7, 11) is 3.12. The molecule has 40 heavy (non-hydrogen) atoms. The lowest BCUT2D eigenvalue weighted by Gasteiger charge is -2.18. The predicted octanol–water partition coefficient (Wildman–Crippen LogP) is 5.07. The third kappa shape index (κ3) is 5.39. The highest BCUT2D eigenvalue weighted by molar-refractivity contribution is 5.98. The fourth-order valence-electron chi connectivity index (χ4n) is 4.15. The molecule has 202 valence electrons. The topological polar surface area (TPSA) is 129 Å². The van der Waals surface area contributed by atoms with Gasteiger partial charge in [0.2, 0.25) is 5.88 Å². The Morgan fingerprint density at radius 3 is 2.12 bits per heavy atom. The molecule has 10 nitrogen and oxygen atoms in total. The van der Waals surface area contributed by atoms with Gasteiger partial charge in [0.1, 0.15) is 42.1 Å². The van der Waals surface area contributed by atoms with Gasteiger partial charge in [-0.2, -0.15) is 5.26 Å². The molecule has 0 spiro atoms. The summed E-state index contributed by atoms with van der Waals surface area (Å²) in [5.74, 6) is 1.15. The van der Waals surface area contributed by atoms with Gasteiger partial charge < -0.3 is 28.1 Å². The highest BCUT2D eigenvalue weighted by Crippen LogP contribution is 2.42. The summed E-state index contributed by atoms with van der Waals surface area (Å²) in [4.78, 5) is 25.3. The van der Waals surface area contributed by atoms with Crippen molar-refractivity contribution in [3.63, 3.8) is 0 Å². The van der Waals surface area contributed by atoms with Crippen LogP contribution in [0.5, 0.6) is 23.0 Å². The smallest absolute Gasteiger partial charge is 0.338 e. The van der Waals surface area contributed by atoms with Crippen LogP contribution in [0, 0.1) is 11.3 Å². The SMILES string of the molecule is COc1ccc(-c2oc(NC(=O)COC(=O)c3ccc4c(c3)OCCO4)c(C#N)c2-c2ccc(OC)cc2)cc1. The van der Waals surface area contributed by atoms with Crippen LogP contribution in [-0.2, 0) is 9.53 Å². The zero-order valence-electron chi connectivity index (χ0n) is 21.7. The van der Waals surface area contributed by atoms with Gasteiger partial charge in [0.05, 0.1) is 19.8 Å². The molecule has 1 amide bonds. The van der Waals surface area contributed by atoms with E-state index in [1.807, 2.05) is 0 Å². The molecular weight excluding hydrogens is 516 g/mol. The van der Waals surface area contributed by atoms with Gasteiger partial charge >= 0.3 is 5.97 Å². The highest BCUT2D eigenvalue weighted by atomic mass is 16.6. The summed E-state index contributed by atoms with van der Waals surface area (Å²) >= 11 is 0. The molecule has 1 aromatic heterocycles. The van der Waals surface area contributed by atoms with Crippen LogP contribution in [0.25, 0.3) is 22.5 Å². The molecular formula is C30H24N2O8. The summed E-state index contributed by atoms with van der Waals surface area (Å²) in [5.41, 5.74) is 2.14. The molecule has 2 heterocycles. The average molecular weight is 541 g/mol. The number of benzene rings is 3. The number of carbonyl (C=O) groups is 2. The van der Waals surface area contributed by atoms with Crippen molar-refractivity contribution in [2.24, 2.45) is 0 Å². The molecule has 0 bridgehead atoms. The van der Waals surface area contributed by atoms with Crippen LogP contribution in [-0.4, -0.2) is 45.9 Å². The van der Waals surface area contributed by atoms with Crippen molar-refractivity contribution in [2.45, 2.75) is 0 Å². The fourth-order valence-corrected chi connectivity index (χ4v) is 4.15. The molecule has 0 fully saturated rings. The zero-order valence-corrected chi connectivity index (χ0v) is 21.7. The molecule has 0 aliphatic carbocycles. The number of nitrogens with one attached hydrogen (secondary N) is 1. The molecule has 0 unspecified atom stereocenters. The second-order valence-electron chi connectivity index (χ2n) is 8.56. The van der Waals surface area contributed by atoms with Crippen molar-refractivity contribution in [2.75, 3.05) is 39.4 Å². The number of ether oxygens (including phenoxy) is 5. The van der Waals surface area contributed by atoms with Crippen LogP contribution >= 0.6 is 0 Å². The van der Waals surface area contributed by atoms with Gasteiger partial charge in [-0.25, -0.2) is 4.79 Å². The standard InChI is InChI=1S/C30H24N2O8/c1-35-21-8-3-18(4-9-21)27-23(16-31)29(40-28(27)19-5-10-22(36-2)11-6-19)32-26(33)17-39-30(34)20-7-12-24-25(15-20)38-14-13-37-24/h3-12,15H,13-14,17H2,1-2H3,(H,32,33). The number of amides is 1. The van der Waals surface area contributed by atoms with Crippen molar-refractivity contribution < 1.29 is 37.7 Å². The number of fused-ring (bicyclic) bond motifs is 1. The maximum atomic E-state index is 12.8. The minimum atomic E-state index is -0.718. The molecule has 5 rings (SSSR count). The number of furan rings is 1. The van der Waals surface area contributed by atoms with Crippen LogP contribution in [0.4, 0.5) is 5.88 Å². The number of nitriles is 1. The Morgan fingerprint density at radius 1 is 0.875 bits per heavy atom. The summed E-state index contributed by atoms with van der Waals surface area (Å²) in [5, 5.41) is 12.6. The molecule has 0 saturated carbocycles. The number of anilines is 1. The third-order valence-corrected chi connectivity index (χ3v) is 6.12. The van der Waals surface area contributed by atoms with Crippen LogP contribution in [0.2, 0.25) is 0 Å². The van der Waals surface area contributed by atoms with Crippen molar-refractivity contribution in [1.29, 1.82) is 5.26 Å². The van der Waals surface area contributed by atoms with E-state index in [2.05, 4.69) is 11.4 Å². The van der Waals surface area contributed by atoms with Crippen LogP contribution in [0.1, 0.15) is 15.9 Å². The Kier molecular flexibility index (Phi) is 7.55. The number of esters is 1. The summed E-state index contributed by atoms with van der Waals surface area (Å²) in [6.45, 7) is 0.193. The lowest BCUT2D eigenvalue weighted by Crippen LogP contribution is -2.21. The van der Waals surface area contributed by atoms with Crippen molar-refractivity contribution in [1.82, 2.24) is 0 Å². The molecule has 1 N–H and O–H groups in total. The molecule has 0 saturated heterocycles. The molecule has 10 heteroatoms. The summed E-state index contributed by atoms with van der Waals surface area (Å²) in [6.07, 6.45) is 0. The van der Waals surface area contributed by atoms with Crippen LogP contribution in [0.3, 0.4) is 0 Å². The van der Waals surface area contributed by atoms with E-state index in [-0.39, 0.29) is 17.0 Å². The van der Waals surface area contributed by atoms with E-state index in [0.717, 1.165) is 0 Å². The Balaban J connectivity index is 1.39. The number of nitrogens with zero attached hydrogens (tertiary/aromatic N) is 1. The van der Waals surface area contributed by atoms with Crippen molar-refractivity contribution in [3.05, 3.63) is 77.9 Å². The molecule has 4 aromatic rings. The van der Waals surface area contributed by atoms with Crippen LogP contribution < -0.4 is 24.3 Å². The van der Waals surface area contributed by atoms with Crippen LogP contribution in [0.15, 0.2) is 71.1 Å². The van der Waals surface area contributed by atoms with Gasteiger partial charge in [-0.3, -0.25) is 10.1 Å².